The summed E-state index contributed by atoms with van der Waals surface area (Å²) in [6, 6.07) is 9.08. The second-order valence-corrected chi connectivity index (χ2v) is 7.21. The summed E-state index contributed by atoms with van der Waals surface area (Å²) < 4.78 is 6.23. The third-order valence-corrected chi connectivity index (χ3v) is 3.99. The highest BCUT2D eigenvalue weighted by molar-refractivity contribution is 9.10. The summed E-state index contributed by atoms with van der Waals surface area (Å²) >= 11 is 3.45. The van der Waals surface area contributed by atoms with Gasteiger partial charge in [-0.15, -0.1) is 0 Å². The maximum absolute atomic E-state index is 11.8. The van der Waals surface area contributed by atoms with Crippen LogP contribution in [0.4, 0.5) is 0 Å². The van der Waals surface area contributed by atoms with Crippen LogP contribution in [0.3, 0.4) is 0 Å². The van der Waals surface area contributed by atoms with E-state index < -0.39 is 5.97 Å². The van der Waals surface area contributed by atoms with E-state index in [1.165, 1.54) is 0 Å². The Balaban J connectivity index is 1.92. The Morgan fingerprint density at radius 2 is 1.92 bits per heavy atom. The molecule has 1 aromatic heterocycles. The Bertz CT molecular complexity index is 771. The van der Waals surface area contributed by atoms with Crippen LogP contribution in [-0.4, -0.2) is 23.4 Å². The number of ether oxygens (including phenoxy) is 1. The fourth-order valence-electron chi connectivity index (χ4n) is 1.92. The number of pyridine rings is 1. The van der Waals surface area contributed by atoms with Crippen LogP contribution in [0.1, 0.15) is 31.9 Å². The molecule has 2 N–H and O–H groups in total. The number of oxime groups is 1. The third-order valence-electron chi connectivity index (χ3n) is 3.37. The first kappa shape index (κ1) is 18.9. The zero-order valence-electron chi connectivity index (χ0n) is 14.3. The molecule has 1 aromatic carbocycles. The van der Waals surface area contributed by atoms with Gasteiger partial charge in [-0.25, -0.2) is 4.79 Å². The number of rotatable bonds is 5. The number of benzene rings is 1. The lowest BCUT2D eigenvalue weighted by atomic mass is 9.87. The van der Waals surface area contributed by atoms with Crippen LogP contribution in [0.5, 0.6) is 5.75 Å². The van der Waals surface area contributed by atoms with Crippen molar-refractivity contribution >= 4 is 27.7 Å². The van der Waals surface area contributed by atoms with E-state index in [4.69, 9.17) is 15.3 Å². The van der Waals surface area contributed by atoms with E-state index in [0.717, 1.165) is 10.0 Å². The summed E-state index contributed by atoms with van der Waals surface area (Å²) in [7, 11) is 0. The van der Waals surface area contributed by atoms with Crippen molar-refractivity contribution in [1.29, 1.82) is 0 Å². The Kier molecular flexibility index (Phi) is 6.14. The highest BCUT2D eigenvalue weighted by Crippen LogP contribution is 2.31. The Labute approximate surface area is 155 Å². The second kappa shape index (κ2) is 8.11. The molecule has 0 aliphatic carbocycles. The van der Waals surface area contributed by atoms with Gasteiger partial charge in [-0.3, -0.25) is 4.98 Å². The van der Waals surface area contributed by atoms with Gasteiger partial charge >= 0.3 is 5.97 Å². The first-order valence-corrected chi connectivity index (χ1v) is 8.43. The molecule has 0 fully saturated rings. The van der Waals surface area contributed by atoms with Gasteiger partial charge in [0.2, 0.25) is 0 Å². The number of halogens is 1. The molecule has 132 valence electrons. The molecular formula is C18H20BrN3O3. The zero-order chi connectivity index (χ0) is 18.4. The molecule has 0 atom stereocenters. The minimum atomic E-state index is -0.649. The second-order valence-electron chi connectivity index (χ2n) is 6.36. The highest BCUT2D eigenvalue weighted by atomic mass is 79.9. The minimum Gasteiger partial charge on any atom is -0.481 e. The Morgan fingerprint density at radius 1 is 1.24 bits per heavy atom. The average Bonchev–Trinajstić information content (AvgIpc) is 2.58. The Morgan fingerprint density at radius 3 is 2.52 bits per heavy atom. The first-order chi connectivity index (χ1) is 11.8. The fraction of sp³-hybridized carbons (Fsp3) is 0.278. The summed E-state index contributed by atoms with van der Waals surface area (Å²) in [6.07, 6.45) is 3.14. The van der Waals surface area contributed by atoms with Gasteiger partial charge in [-0.1, -0.05) is 32.0 Å². The van der Waals surface area contributed by atoms with E-state index in [1.807, 2.05) is 18.2 Å². The van der Waals surface area contributed by atoms with E-state index in [0.29, 0.717) is 11.3 Å². The molecule has 0 spiro atoms. The first-order valence-electron chi connectivity index (χ1n) is 7.64. The molecule has 2 rings (SSSR count). The van der Waals surface area contributed by atoms with Gasteiger partial charge in [0.05, 0.1) is 4.47 Å². The Hall–Kier alpha value is -2.41. The van der Waals surface area contributed by atoms with Gasteiger partial charge in [0, 0.05) is 18.0 Å². The van der Waals surface area contributed by atoms with Crippen LogP contribution >= 0.6 is 15.9 Å². The maximum Gasteiger partial charge on any atom is 0.372 e. The quantitative estimate of drug-likeness (QED) is 0.356. The maximum atomic E-state index is 11.8. The molecule has 0 radical (unpaired) electrons. The summed E-state index contributed by atoms with van der Waals surface area (Å²) in [5.41, 5.74) is 7.53. The number of carbonyl (C=O) groups excluding carboxylic acids is 1. The van der Waals surface area contributed by atoms with E-state index in [1.54, 1.807) is 24.5 Å². The molecule has 2 aromatic rings. The average molecular weight is 406 g/mol. The molecule has 0 saturated heterocycles. The van der Waals surface area contributed by atoms with E-state index in [-0.39, 0.29) is 17.9 Å². The summed E-state index contributed by atoms with van der Waals surface area (Å²) in [6.45, 7) is 6.09. The number of nitrogens with two attached hydrogens (primary N) is 1. The van der Waals surface area contributed by atoms with Crippen molar-refractivity contribution in [3.8, 4) is 5.75 Å². The molecule has 0 bridgehead atoms. The summed E-state index contributed by atoms with van der Waals surface area (Å²) in [4.78, 5) is 20.4. The fourth-order valence-corrected chi connectivity index (χ4v) is 2.42. The topological polar surface area (TPSA) is 86.8 Å². The van der Waals surface area contributed by atoms with Crippen LogP contribution in [0, 0.1) is 0 Å². The number of nitrogens with zero attached hydrogens (tertiary/aromatic N) is 2. The van der Waals surface area contributed by atoms with Crippen molar-refractivity contribution in [2.24, 2.45) is 10.9 Å². The molecular weight excluding hydrogens is 386 g/mol. The van der Waals surface area contributed by atoms with Gasteiger partial charge in [0.15, 0.2) is 12.4 Å². The van der Waals surface area contributed by atoms with E-state index in [2.05, 4.69) is 46.8 Å². The predicted molar refractivity (Wildman–Crippen MR) is 99.4 cm³/mol. The van der Waals surface area contributed by atoms with Crippen LogP contribution < -0.4 is 10.5 Å². The minimum absolute atomic E-state index is 0.0270. The largest absolute Gasteiger partial charge is 0.481 e. The lowest BCUT2D eigenvalue weighted by molar-refractivity contribution is -0.146. The number of hydrogen-bond donors (Lipinski definition) is 1. The molecule has 6 nitrogen and oxygen atoms in total. The van der Waals surface area contributed by atoms with E-state index >= 15 is 0 Å². The monoisotopic (exact) mass is 405 g/mol. The van der Waals surface area contributed by atoms with Crippen LogP contribution in [-0.2, 0) is 15.0 Å². The van der Waals surface area contributed by atoms with Crippen LogP contribution in [0.2, 0.25) is 0 Å². The van der Waals surface area contributed by atoms with Crippen molar-refractivity contribution in [2.75, 3.05) is 6.61 Å². The standard InChI is InChI=1S/C18H20BrN3O3/c1-18(2,3)13-4-5-15(14(19)10-13)24-11-16(23)25-22-17(20)12-6-8-21-9-7-12/h4-10H,11H2,1-3H3,(H2,20,22). The van der Waals surface area contributed by atoms with E-state index in [9.17, 15) is 4.79 Å². The molecule has 0 amide bonds. The smallest absolute Gasteiger partial charge is 0.372 e. The third kappa shape index (κ3) is 5.56. The molecule has 0 saturated carbocycles. The summed E-state index contributed by atoms with van der Waals surface area (Å²) in [5.74, 6) is -0.00806. The van der Waals surface area contributed by atoms with Crippen molar-refractivity contribution in [3.63, 3.8) is 0 Å². The van der Waals surface area contributed by atoms with Crippen LogP contribution in [0.25, 0.3) is 0 Å². The van der Waals surface area contributed by atoms with Gasteiger partial charge in [-0.2, -0.15) is 0 Å². The van der Waals surface area contributed by atoms with Crippen molar-refractivity contribution in [2.45, 2.75) is 26.2 Å². The number of hydrogen-bond acceptors (Lipinski definition) is 5. The van der Waals surface area contributed by atoms with Crippen molar-refractivity contribution in [3.05, 3.63) is 58.3 Å². The van der Waals surface area contributed by atoms with Gasteiger partial charge < -0.3 is 15.3 Å². The lowest BCUT2D eigenvalue weighted by Gasteiger charge is -2.20. The predicted octanol–water partition coefficient (Wildman–Crippen LogP) is 3.38. The number of amidine groups is 1. The van der Waals surface area contributed by atoms with Gasteiger partial charge in [-0.05, 0) is 51.2 Å². The normalized spacial score (nSPS) is 11.9. The van der Waals surface area contributed by atoms with Crippen molar-refractivity contribution < 1.29 is 14.4 Å². The number of aromatic nitrogens is 1. The molecule has 0 aliphatic rings. The van der Waals surface area contributed by atoms with Crippen molar-refractivity contribution in [1.82, 2.24) is 4.98 Å². The number of carbonyl (C=O) groups is 1. The zero-order valence-corrected chi connectivity index (χ0v) is 15.9. The molecule has 1 heterocycles. The lowest BCUT2D eigenvalue weighted by Crippen LogP contribution is -2.18. The highest BCUT2D eigenvalue weighted by Gasteiger charge is 2.16. The van der Waals surface area contributed by atoms with Crippen LogP contribution in [0.15, 0.2) is 52.4 Å². The van der Waals surface area contributed by atoms with Gasteiger partial charge in [0.1, 0.15) is 5.75 Å². The molecule has 7 heteroatoms. The molecule has 25 heavy (non-hydrogen) atoms. The van der Waals surface area contributed by atoms with Gasteiger partial charge in [0.25, 0.3) is 0 Å². The molecule has 0 aliphatic heterocycles. The SMILES string of the molecule is CC(C)(C)c1ccc(OCC(=O)O/N=C(/N)c2ccncc2)c(Br)c1. The summed E-state index contributed by atoms with van der Waals surface area (Å²) in [5, 5.41) is 3.60. The molecule has 0 unspecified atom stereocenters.